The lowest BCUT2D eigenvalue weighted by Gasteiger charge is -2.08. The topological polar surface area (TPSA) is 46.5 Å². The van der Waals surface area contributed by atoms with Gasteiger partial charge in [0.15, 0.2) is 0 Å². The van der Waals surface area contributed by atoms with Crippen LogP contribution in [0.5, 0.6) is 0 Å². The van der Waals surface area contributed by atoms with Gasteiger partial charge in [0.05, 0.1) is 4.90 Å². The lowest BCUT2D eigenvalue weighted by molar-refractivity contribution is 0.598. The third-order valence-electron chi connectivity index (χ3n) is 4.06. The van der Waals surface area contributed by atoms with Gasteiger partial charge in [-0.25, -0.2) is 0 Å². The van der Waals surface area contributed by atoms with Gasteiger partial charge in [0, 0.05) is 11.2 Å². The first-order valence-corrected chi connectivity index (χ1v) is 9.90. The zero-order valence-electron chi connectivity index (χ0n) is 14.5. The van der Waals surface area contributed by atoms with Gasteiger partial charge in [-0.2, -0.15) is 12.8 Å². The van der Waals surface area contributed by atoms with E-state index in [9.17, 15) is 8.42 Å². The van der Waals surface area contributed by atoms with E-state index in [0.717, 1.165) is 22.3 Å². The molecule has 0 spiro atoms. The number of sulfonamides is 1. The van der Waals surface area contributed by atoms with Gasteiger partial charge in [-0.1, -0.05) is 53.6 Å². The van der Waals surface area contributed by atoms with E-state index in [0.29, 0.717) is 10.6 Å². The van der Waals surface area contributed by atoms with Gasteiger partial charge < -0.3 is 0 Å². The SMILES string of the molecule is Cc1ccc(S(=O)(=O)/N=C/c2ccc(C)c(-c3cccc(Cl)c3)c2)cc1. The maximum absolute atomic E-state index is 12.4. The van der Waals surface area contributed by atoms with Crippen LogP contribution in [0.15, 0.2) is 76.0 Å². The quantitative estimate of drug-likeness (QED) is 0.564. The summed E-state index contributed by atoms with van der Waals surface area (Å²) >= 11 is 6.08. The fraction of sp³-hybridized carbons (Fsp3) is 0.0952. The zero-order chi connectivity index (χ0) is 18.7. The fourth-order valence-corrected chi connectivity index (χ4v) is 3.64. The van der Waals surface area contributed by atoms with E-state index in [2.05, 4.69) is 4.40 Å². The van der Waals surface area contributed by atoms with Crippen LogP contribution < -0.4 is 0 Å². The van der Waals surface area contributed by atoms with Crippen molar-refractivity contribution in [3.05, 3.63) is 88.4 Å². The highest BCUT2D eigenvalue weighted by Gasteiger charge is 2.11. The van der Waals surface area contributed by atoms with Crippen molar-refractivity contribution >= 4 is 27.8 Å². The van der Waals surface area contributed by atoms with Crippen LogP contribution in [0, 0.1) is 13.8 Å². The number of hydrogen-bond acceptors (Lipinski definition) is 2. The maximum atomic E-state index is 12.4. The Labute approximate surface area is 159 Å². The second kappa shape index (κ2) is 7.44. The van der Waals surface area contributed by atoms with Crippen LogP contribution >= 0.6 is 11.6 Å². The van der Waals surface area contributed by atoms with E-state index in [1.54, 1.807) is 24.3 Å². The van der Waals surface area contributed by atoms with Gasteiger partial charge in [-0.05, 0) is 66.4 Å². The predicted octanol–water partition coefficient (Wildman–Crippen LogP) is 5.43. The molecule has 0 aromatic heterocycles. The minimum atomic E-state index is -3.72. The molecule has 0 unspecified atom stereocenters. The van der Waals surface area contributed by atoms with Crippen molar-refractivity contribution in [3.63, 3.8) is 0 Å². The lowest BCUT2D eigenvalue weighted by atomic mass is 9.98. The average molecular weight is 384 g/mol. The number of rotatable bonds is 4. The summed E-state index contributed by atoms with van der Waals surface area (Å²) in [4.78, 5) is 0.182. The van der Waals surface area contributed by atoms with Crippen molar-refractivity contribution in [2.24, 2.45) is 4.40 Å². The third-order valence-corrected chi connectivity index (χ3v) is 5.54. The van der Waals surface area contributed by atoms with Crippen LogP contribution in [0.2, 0.25) is 5.02 Å². The van der Waals surface area contributed by atoms with Gasteiger partial charge in [0.1, 0.15) is 0 Å². The standard InChI is InChI=1S/C21H18ClNO2S/c1-15-6-10-20(11-7-15)26(24,25)23-14-17-9-8-16(2)21(12-17)18-4-3-5-19(22)13-18/h3-14H,1-2H3/b23-14+. The molecule has 0 heterocycles. The van der Waals surface area contributed by atoms with E-state index in [1.807, 2.05) is 56.3 Å². The minimum Gasteiger partial charge on any atom is -0.199 e. The molecule has 0 fully saturated rings. The molecule has 3 aromatic carbocycles. The van der Waals surface area contributed by atoms with Crippen molar-refractivity contribution in [2.45, 2.75) is 18.7 Å². The number of aryl methyl sites for hydroxylation is 2. The fourth-order valence-electron chi connectivity index (χ4n) is 2.59. The monoisotopic (exact) mass is 383 g/mol. The number of nitrogens with zero attached hydrogens (tertiary/aromatic N) is 1. The van der Waals surface area contributed by atoms with Crippen molar-refractivity contribution in [2.75, 3.05) is 0 Å². The molecule has 0 saturated carbocycles. The molecule has 0 atom stereocenters. The van der Waals surface area contributed by atoms with E-state index in [4.69, 9.17) is 11.6 Å². The molecule has 0 saturated heterocycles. The normalized spacial score (nSPS) is 11.8. The molecule has 0 amide bonds. The molecule has 0 bridgehead atoms. The molecule has 0 aliphatic rings. The van der Waals surface area contributed by atoms with Crippen LogP contribution in [-0.2, 0) is 10.0 Å². The van der Waals surface area contributed by atoms with Crippen molar-refractivity contribution in [1.29, 1.82) is 0 Å². The summed E-state index contributed by atoms with van der Waals surface area (Å²) in [6.07, 6.45) is 1.38. The molecule has 0 radical (unpaired) electrons. The van der Waals surface area contributed by atoms with Crippen LogP contribution in [0.1, 0.15) is 16.7 Å². The Balaban J connectivity index is 1.94. The first kappa shape index (κ1) is 18.4. The Morgan fingerprint density at radius 1 is 0.923 bits per heavy atom. The molecule has 0 N–H and O–H groups in total. The second-order valence-corrected chi connectivity index (χ2v) is 8.18. The average Bonchev–Trinajstić information content (AvgIpc) is 2.61. The largest absolute Gasteiger partial charge is 0.282 e. The first-order valence-electron chi connectivity index (χ1n) is 8.09. The van der Waals surface area contributed by atoms with Gasteiger partial charge in [0.2, 0.25) is 0 Å². The Hall–Kier alpha value is -2.43. The van der Waals surface area contributed by atoms with Crippen LogP contribution in [0.3, 0.4) is 0 Å². The molecule has 3 nitrogen and oxygen atoms in total. The van der Waals surface area contributed by atoms with Crippen LogP contribution in [-0.4, -0.2) is 14.6 Å². The Kier molecular flexibility index (Phi) is 5.25. The molecule has 3 rings (SSSR count). The van der Waals surface area contributed by atoms with Crippen LogP contribution in [0.4, 0.5) is 0 Å². The van der Waals surface area contributed by atoms with Crippen molar-refractivity contribution in [3.8, 4) is 11.1 Å². The minimum absolute atomic E-state index is 0.182. The van der Waals surface area contributed by atoms with Gasteiger partial charge in [-0.3, -0.25) is 0 Å². The van der Waals surface area contributed by atoms with E-state index < -0.39 is 10.0 Å². The zero-order valence-corrected chi connectivity index (χ0v) is 16.1. The Bertz CT molecular complexity index is 1070. The van der Waals surface area contributed by atoms with E-state index in [-0.39, 0.29) is 4.90 Å². The summed E-state index contributed by atoms with van der Waals surface area (Å²) < 4.78 is 28.6. The number of hydrogen-bond donors (Lipinski definition) is 0. The van der Waals surface area contributed by atoms with Crippen molar-refractivity contribution < 1.29 is 8.42 Å². The number of halogens is 1. The van der Waals surface area contributed by atoms with Gasteiger partial charge in [-0.15, -0.1) is 0 Å². The Morgan fingerprint density at radius 2 is 1.65 bits per heavy atom. The lowest BCUT2D eigenvalue weighted by Crippen LogP contribution is -1.98. The summed E-state index contributed by atoms with van der Waals surface area (Å²) in [7, 11) is -3.72. The summed E-state index contributed by atoms with van der Waals surface area (Å²) in [6, 6.07) is 19.9. The molecule has 5 heteroatoms. The Morgan fingerprint density at radius 3 is 2.35 bits per heavy atom. The van der Waals surface area contributed by atoms with Gasteiger partial charge in [0.25, 0.3) is 10.0 Å². The molecular weight excluding hydrogens is 366 g/mol. The first-order chi connectivity index (χ1) is 12.3. The highest BCUT2D eigenvalue weighted by molar-refractivity contribution is 7.90. The summed E-state index contributed by atoms with van der Waals surface area (Å²) in [5.74, 6) is 0. The molecule has 0 aliphatic carbocycles. The van der Waals surface area contributed by atoms with Gasteiger partial charge >= 0.3 is 0 Å². The maximum Gasteiger partial charge on any atom is 0.282 e. The molecule has 26 heavy (non-hydrogen) atoms. The smallest absolute Gasteiger partial charge is 0.199 e. The van der Waals surface area contributed by atoms with E-state index in [1.165, 1.54) is 6.21 Å². The highest BCUT2D eigenvalue weighted by Crippen LogP contribution is 2.26. The number of benzene rings is 3. The molecule has 3 aromatic rings. The third kappa shape index (κ3) is 4.21. The van der Waals surface area contributed by atoms with E-state index >= 15 is 0 Å². The molecular formula is C21H18ClNO2S. The second-order valence-electron chi connectivity index (χ2n) is 6.11. The summed E-state index contributed by atoms with van der Waals surface area (Å²) in [6.45, 7) is 3.91. The summed E-state index contributed by atoms with van der Waals surface area (Å²) in [5, 5.41) is 0.655. The molecule has 0 aliphatic heterocycles. The summed E-state index contributed by atoms with van der Waals surface area (Å²) in [5.41, 5.74) is 4.75. The van der Waals surface area contributed by atoms with Crippen molar-refractivity contribution in [1.82, 2.24) is 0 Å². The van der Waals surface area contributed by atoms with Crippen LogP contribution in [0.25, 0.3) is 11.1 Å². The highest BCUT2D eigenvalue weighted by atomic mass is 35.5. The predicted molar refractivity (Wildman–Crippen MR) is 108 cm³/mol. The molecule has 132 valence electrons.